The lowest BCUT2D eigenvalue weighted by atomic mass is 10.0. The number of nitro groups is 1. The minimum atomic E-state index is -3.63. The molecule has 18 heavy (non-hydrogen) atoms. The molecule has 0 unspecified atom stereocenters. The van der Waals surface area contributed by atoms with Crippen LogP contribution >= 0.6 is 12.4 Å². The average molecular weight is 287 g/mol. The summed E-state index contributed by atoms with van der Waals surface area (Å²) >= 11 is 0. The molecule has 1 rings (SSSR count). The standard InChI is InChI=1S/C9H9F3N2O3.ClH/c10-6-2-1-5(3-7(6)14(16)17)8(13)9(11,12)4-15;/h1-3,8,15H,4,13H2;1H/t8-;/m1./s1. The molecule has 0 bridgehead atoms. The van der Waals surface area contributed by atoms with E-state index < -0.39 is 35.0 Å². The molecule has 5 nitrogen and oxygen atoms in total. The molecule has 1 atom stereocenters. The summed E-state index contributed by atoms with van der Waals surface area (Å²) in [7, 11) is 0. The van der Waals surface area contributed by atoms with Gasteiger partial charge in [-0.2, -0.15) is 4.39 Å². The van der Waals surface area contributed by atoms with Crippen LogP contribution in [0.2, 0.25) is 0 Å². The van der Waals surface area contributed by atoms with Crippen LogP contribution in [-0.4, -0.2) is 22.6 Å². The van der Waals surface area contributed by atoms with Crippen LogP contribution in [0.4, 0.5) is 18.9 Å². The Labute approximate surface area is 106 Å². The van der Waals surface area contributed by atoms with Crippen molar-refractivity contribution in [3.8, 4) is 0 Å². The van der Waals surface area contributed by atoms with Gasteiger partial charge in [-0.1, -0.05) is 6.07 Å². The second-order valence-electron chi connectivity index (χ2n) is 3.36. The van der Waals surface area contributed by atoms with Crippen molar-refractivity contribution in [2.45, 2.75) is 12.0 Å². The van der Waals surface area contributed by atoms with Crippen molar-refractivity contribution in [1.82, 2.24) is 0 Å². The van der Waals surface area contributed by atoms with E-state index in [4.69, 9.17) is 10.8 Å². The van der Waals surface area contributed by atoms with Crippen LogP contribution in [0.5, 0.6) is 0 Å². The van der Waals surface area contributed by atoms with Gasteiger partial charge in [0, 0.05) is 6.07 Å². The number of halogens is 4. The molecule has 0 saturated heterocycles. The zero-order valence-electron chi connectivity index (χ0n) is 8.85. The van der Waals surface area contributed by atoms with Crippen LogP contribution in [0.15, 0.2) is 18.2 Å². The van der Waals surface area contributed by atoms with Crippen LogP contribution in [0.3, 0.4) is 0 Å². The molecular weight excluding hydrogens is 277 g/mol. The van der Waals surface area contributed by atoms with E-state index in [2.05, 4.69) is 0 Å². The summed E-state index contributed by atoms with van der Waals surface area (Å²) in [6.45, 7) is -1.50. The van der Waals surface area contributed by atoms with Gasteiger partial charge in [-0.05, 0) is 11.6 Å². The number of nitro benzene ring substituents is 1. The molecule has 1 aromatic rings. The molecule has 102 valence electrons. The Morgan fingerprint density at radius 3 is 2.50 bits per heavy atom. The average Bonchev–Trinajstić information content (AvgIpc) is 2.28. The SMILES string of the molecule is Cl.N[C@H](c1ccc(F)c([N+](=O)[O-])c1)C(F)(F)CO. The smallest absolute Gasteiger partial charge is 0.305 e. The fraction of sp³-hybridized carbons (Fsp3) is 0.333. The Morgan fingerprint density at radius 1 is 1.50 bits per heavy atom. The van der Waals surface area contributed by atoms with Crippen molar-refractivity contribution in [3.63, 3.8) is 0 Å². The first-order valence-electron chi connectivity index (χ1n) is 4.47. The monoisotopic (exact) mass is 286 g/mol. The summed E-state index contributed by atoms with van der Waals surface area (Å²) in [6.07, 6.45) is 0. The van der Waals surface area contributed by atoms with Gasteiger partial charge in [-0.15, -0.1) is 12.4 Å². The largest absolute Gasteiger partial charge is 0.390 e. The molecule has 1 aromatic carbocycles. The number of hydrogen-bond acceptors (Lipinski definition) is 4. The lowest BCUT2D eigenvalue weighted by molar-refractivity contribution is -0.387. The maximum absolute atomic E-state index is 13.0. The quantitative estimate of drug-likeness (QED) is 0.652. The van der Waals surface area contributed by atoms with Gasteiger partial charge in [0.25, 0.3) is 5.92 Å². The Balaban J connectivity index is 0.00000289. The first-order chi connectivity index (χ1) is 7.79. The van der Waals surface area contributed by atoms with Crippen molar-refractivity contribution in [1.29, 1.82) is 0 Å². The molecule has 0 spiro atoms. The van der Waals surface area contributed by atoms with Crippen molar-refractivity contribution in [2.24, 2.45) is 5.73 Å². The highest BCUT2D eigenvalue weighted by Gasteiger charge is 2.38. The van der Waals surface area contributed by atoms with Gasteiger partial charge in [0.15, 0.2) is 0 Å². The first-order valence-corrected chi connectivity index (χ1v) is 4.47. The second kappa shape index (κ2) is 5.98. The summed E-state index contributed by atoms with van der Waals surface area (Å²) in [5.41, 5.74) is 3.89. The topological polar surface area (TPSA) is 89.4 Å². The van der Waals surface area contributed by atoms with Crippen molar-refractivity contribution in [2.75, 3.05) is 6.61 Å². The molecule has 0 aliphatic carbocycles. The van der Waals surface area contributed by atoms with E-state index in [0.717, 1.165) is 6.07 Å². The van der Waals surface area contributed by atoms with E-state index >= 15 is 0 Å². The molecular formula is C9H10ClF3N2O3. The highest BCUT2D eigenvalue weighted by molar-refractivity contribution is 5.85. The minimum Gasteiger partial charge on any atom is -0.390 e. The normalized spacial score (nSPS) is 12.7. The van der Waals surface area contributed by atoms with Gasteiger partial charge in [-0.25, -0.2) is 8.78 Å². The molecule has 0 fully saturated rings. The number of nitrogens with two attached hydrogens (primary N) is 1. The predicted molar refractivity (Wildman–Crippen MR) is 59.3 cm³/mol. The van der Waals surface area contributed by atoms with Crippen molar-refractivity contribution in [3.05, 3.63) is 39.7 Å². The van der Waals surface area contributed by atoms with Gasteiger partial charge in [0.05, 0.1) is 11.0 Å². The Kier molecular flexibility index (Phi) is 5.53. The Bertz CT molecular complexity index is 445. The highest BCUT2D eigenvalue weighted by atomic mass is 35.5. The zero-order chi connectivity index (χ0) is 13.2. The third-order valence-electron chi connectivity index (χ3n) is 2.19. The van der Waals surface area contributed by atoms with Crippen molar-refractivity contribution < 1.29 is 23.2 Å². The van der Waals surface area contributed by atoms with Crippen LogP contribution < -0.4 is 5.73 Å². The number of alkyl halides is 2. The summed E-state index contributed by atoms with van der Waals surface area (Å²) < 4.78 is 39.0. The molecule has 0 heterocycles. The molecule has 3 N–H and O–H groups in total. The van der Waals surface area contributed by atoms with Crippen LogP contribution in [0, 0.1) is 15.9 Å². The molecule has 0 aliphatic rings. The van der Waals surface area contributed by atoms with Crippen molar-refractivity contribution >= 4 is 18.1 Å². The van der Waals surface area contributed by atoms with E-state index in [0.29, 0.717) is 12.1 Å². The number of aliphatic hydroxyl groups is 1. The minimum absolute atomic E-state index is 0. The molecule has 0 radical (unpaired) electrons. The molecule has 0 saturated carbocycles. The summed E-state index contributed by atoms with van der Waals surface area (Å²) in [4.78, 5) is 9.36. The zero-order valence-corrected chi connectivity index (χ0v) is 9.66. The summed E-state index contributed by atoms with van der Waals surface area (Å²) in [5.74, 6) is -4.77. The van der Waals surface area contributed by atoms with Crippen LogP contribution in [-0.2, 0) is 0 Å². The fourth-order valence-corrected chi connectivity index (χ4v) is 1.21. The number of hydrogen-bond donors (Lipinski definition) is 2. The fourth-order valence-electron chi connectivity index (χ4n) is 1.21. The first kappa shape index (κ1) is 16.6. The number of aliphatic hydroxyl groups excluding tert-OH is 1. The number of benzene rings is 1. The van der Waals surface area contributed by atoms with Crippen LogP contribution in [0.25, 0.3) is 0 Å². The third-order valence-corrected chi connectivity index (χ3v) is 2.19. The Morgan fingerprint density at radius 2 is 2.06 bits per heavy atom. The molecule has 0 amide bonds. The van der Waals surface area contributed by atoms with Crippen LogP contribution in [0.1, 0.15) is 11.6 Å². The lowest BCUT2D eigenvalue weighted by Gasteiger charge is -2.21. The van der Waals surface area contributed by atoms with E-state index in [1.165, 1.54) is 0 Å². The van der Waals surface area contributed by atoms with Gasteiger partial charge in [-0.3, -0.25) is 10.1 Å². The van der Waals surface area contributed by atoms with Gasteiger partial charge < -0.3 is 10.8 Å². The maximum atomic E-state index is 13.0. The highest BCUT2D eigenvalue weighted by Crippen LogP contribution is 2.31. The van der Waals surface area contributed by atoms with E-state index in [9.17, 15) is 23.3 Å². The molecule has 0 aliphatic heterocycles. The summed E-state index contributed by atoms with van der Waals surface area (Å²) in [6, 6.07) is 0.285. The number of nitrogens with zero attached hydrogens (tertiary/aromatic N) is 1. The lowest BCUT2D eigenvalue weighted by Crippen LogP contribution is -2.36. The predicted octanol–water partition coefficient (Wildman–Crippen LogP) is 1.78. The second-order valence-corrected chi connectivity index (χ2v) is 3.36. The Hall–Kier alpha value is -1.38. The maximum Gasteiger partial charge on any atom is 0.305 e. The van der Waals surface area contributed by atoms with Gasteiger partial charge in [0.2, 0.25) is 5.82 Å². The third kappa shape index (κ3) is 3.31. The van der Waals surface area contributed by atoms with E-state index in [1.54, 1.807) is 0 Å². The number of rotatable bonds is 4. The molecule has 0 aromatic heterocycles. The van der Waals surface area contributed by atoms with E-state index in [-0.39, 0.29) is 18.0 Å². The van der Waals surface area contributed by atoms with E-state index in [1.807, 2.05) is 0 Å². The summed E-state index contributed by atoms with van der Waals surface area (Å²) in [5, 5.41) is 18.8. The van der Waals surface area contributed by atoms with Gasteiger partial charge >= 0.3 is 5.69 Å². The van der Waals surface area contributed by atoms with Gasteiger partial charge in [0.1, 0.15) is 6.61 Å². The molecule has 9 heteroatoms.